The third-order valence-corrected chi connectivity index (χ3v) is 7.55. The zero-order valence-corrected chi connectivity index (χ0v) is 18.7. The van der Waals surface area contributed by atoms with Crippen LogP contribution < -0.4 is 5.32 Å². The highest BCUT2D eigenvalue weighted by molar-refractivity contribution is 8.00. The van der Waals surface area contributed by atoms with Crippen molar-refractivity contribution in [1.82, 2.24) is 25.0 Å². The van der Waals surface area contributed by atoms with E-state index in [4.69, 9.17) is 0 Å². The first kappa shape index (κ1) is 21.4. The lowest BCUT2D eigenvalue weighted by Crippen LogP contribution is -2.22. The van der Waals surface area contributed by atoms with Gasteiger partial charge in [-0.1, -0.05) is 40.8 Å². The molecule has 0 radical (unpaired) electrons. The number of hydrogen-bond donors (Lipinski definition) is 1. The molecule has 0 saturated carbocycles. The summed E-state index contributed by atoms with van der Waals surface area (Å²) in [6.07, 6.45) is 0. The molecular weight excluding hydrogens is 432 g/mol. The van der Waals surface area contributed by atoms with Crippen LogP contribution in [0.25, 0.3) is 0 Å². The van der Waals surface area contributed by atoms with Gasteiger partial charge in [0.15, 0.2) is 15.0 Å². The molecule has 0 fully saturated rings. The smallest absolute Gasteiger partial charge is 0.239 e. The SMILES string of the molecule is Cc1ccc(S(=O)(=O)Cc2nnc(SC(C)C(=O)Nc3nnc(C)s3)n2C)cc1. The molecule has 2 heterocycles. The van der Waals surface area contributed by atoms with E-state index in [-0.39, 0.29) is 16.6 Å². The Morgan fingerprint density at radius 3 is 2.48 bits per heavy atom. The molecule has 0 aliphatic rings. The van der Waals surface area contributed by atoms with E-state index in [1.165, 1.54) is 23.1 Å². The number of anilines is 1. The molecule has 0 bridgehead atoms. The molecule has 0 spiro atoms. The highest BCUT2D eigenvalue weighted by Crippen LogP contribution is 2.25. The second-order valence-electron chi connectivity index (χ2n) is 6.41. The molecule has 0 aliphatic heterocycles. The Kier molecular flexibility index (Phi) is 6.34. The lowest BCUT2D eigenvalue weighted by atomic mass is 10.2. The largest absolute Gasteiger partial charge is 0.308 e. The maximum absolute atomic E-state index is 12.6. The predicted molar refractivity (Wildman–Crippen MR) is 112 cm³/mol. The average Bonchev–Trinajstić information content (AvgIpc) is 3.21. The second-order valence-corrected chi connectivity index (χ2v) is 10.9. The summed E-state index contributed by atoms with van der Waals surface area (Å²) in [5.41, 5.74) is 0.984. The molecule has 154 valence electrons. The molecule has 29 heavy (non-hydrogen) atoms. The van der Waals surface area contributed by atoms with Crippen molar-refractivity contribution in [3.63, 3.8) is 0 Å². The number of aromatic nitrogens is 5. The van der Waals surface area contributed by atoms with E-state index in [1.54, 1.807) is 49.7 Å². The topological polar surface area (TPSA) is 120 Å². The van der Waals surface area contributed by atoms with Crippen LogP contribution in [0.1, 0.15) is 23.3 Å². The number of nitrogens with zero attached hydrogens (tertiary/aromatic N) is 5. The van der Waals surface area contributed by atoms with Crippen molar-refractivity contribution in [2.24, 2.45) is 7.05 Å². The van der Waals surface area contributed by atoms with E-state index in [1.807, 2.05) is 6.92 Å². The number of nitrogens with one attached hydrogen (secondary N) is 1. The zero-order valence-electron chi connectivity index (χ0n) is 16.3. The first-order valence-electron chi connectivity index (χ1n) is 8.61. The number of thioether (sulfide) groups is 1. The highest BCUT2D eigenvalue weighted by atomic mass is 32.2. The number of rotatable bonds is 7. The van der Waals surface area contributed by atoms with Crippen LogP contribution in [0, 0.1) is 13.8 Å². The summed E-state index contributed by atoms with van der Waals surface area (Å²) in [6, 6.07) is 6.67. The number of carbonyl (C=O) groups excluding carboxylic acids is 1. The number of hydrogen-bond acceptors (Lipinski definition) is 9. The number of benzene rings is 1. The van der Waals surface area contributed by atoms with Gasteiger partial charge in [-0.2, -0.15) is 0 Å². The van der Waals surface area contributed by atoms with Crippen LogP contribution >= 0.6 is 23.1 Å². The van der Waals surface area contributed by atoms with Crippen molar-refractivity contribution in [3.05, 3.63) is 40.7 Å². The summed E-state index contributed by atoms with van der Waals surface area (Å²) < 4.78 is 26.9. The maximum atomic E-state index is 12.6. The van der Waals surface area contributed by atoms with Crippen molar-refractivity contribution in [2.45, 2.75) is 41.8 Å². The average molecular weight is 453 g/mol. The van der Waals surface area contributed by atoms with Gasteiger partial charge in [0, 0.05) is 7.05 Å². The van der Waals surface area contributed by atoms with Crippen molar-refractivity contribution < 1.29 is 13.2 Å². The molecule has 1 N–H and O–H groups in total. The fraction of sp³-hybridized carbons (Fsp3) is 0.353. The van der Waals surface area contributed by atoms with Gasteiger partial charge in [0.2, 0.25) is 11.0 Å². The summed E-state index contributed by atoms with van der Waals surface area (Å²) in [5, 5.41) is 19.6. The monoisotopic (exact) mass is 452 g/mol. The van der Waals surface area contributed by atoms with Crippen molar-refractivity contribution in [3.8, 4) is 0 Å². The van der Waals surface area contributed by atoms with Gasteiger partial charge >= 0.3 is 0 Å². The van der Waals surface area contributed by atoms with Gasteiger partial charge in [0.05, 0.1) is 10.1 Å². The van der Waals surface area contributed by atoms with Gasteiger partial charge in [-0.3, -0.25) is 10.1 Å². The Bertz CT molecular complexity index is 1120. The summed E-state index contributed by atoms with van der Waals surface area (Å²) in [7, 11) is -1.87. The van der Waals surface area contributed by atoms with Gasteiger partial charge in [0.1, 0.15) is 16.6 Å². The van der Waals surface area contributed by atoms with Crippen LogP contribution in [-0.2, 0) is 27.4 Å². The molecule has 1 unspecified atom stereocenters. The molecule has 12 heteroatoms. The fourth-order valence-electron chi connectivity index (χ4n) is 2.34. The van der Waals surface area contributed by atoms with Gasteiger partial charge < -0.3 is 4.57 Å². The molecular formula is C17H20N6O3S3. The van der Waals surface area contributed by atoms with Crippen LogP contribution in [0.15, 0.2) is 34.3 Å². The number of sulfone groups is 1. The van der Waals surface area contributed by atoms with E-state index < -0.39 is 15.1 Å². The minimum Gasteiger partial charge on any atom is -0.308 e. The lowest BCUT2D eigenvalue weighted by molar-refractivity contribution is -0.115. The van der Waals surface area contributed by atoms with Crippen molar-refractivity contribution in [1.29, 1.82) is 0 Å². The van der Waals surface area contributed by atoms with Gasteiger partial charge in [-0.25, -0.2) is 8.42 Å². The third kappa shape index (κ3) is 5.19. The molecule has 0 aliphatic carbocycles. The summed E-state index contributed by atoms with van der Waals surface area (Å²) in [5.74, 6) is -0.214. The van der Waals surface area contributed by atoms with Crippen LogP contribution in [0.5, 0.6) is 0 Å². The fourth-order valence-corrected chi connectivity index (χ4v) is 5.08. The second kappa shape index (κ2) is 8.59. The molecule has 2 aromatic heterocycles. The normalized spacial score (nSPS) is 12.7. The van der Waals surface area contributed by atoms with Gasteiger partial charge in [-0.05, 0) is 32.9 Å². The van der Waals surface area contributed by atoms with Crippen LogP contribution in [0.2, 0.25) is 0 Å². The molecule has 1 amide bonds. The standard InChI is InChI=1S/C17H20N6O3S3/c1-10-5-7-13(8-6-10)29(25,26)9-14-20-22-17(23(14)4)27-11(2)15(24)18-16-21-19-12(3)28-16/h5-8,11H,9H2,1-4H3,(H,18,21,24). The third-order valence-electron chi connectivity index (χ3n) is 4.03. The first-order chi connectivity index (χ1) is 13.7. The zero-order chi connectivity index (χ0) is 21.2. The Morgan fingerprint density at radius 1 is 1.17 bits per heavy atom. The summed E-state index contributed by atoms with van der Waals surface area (Å²) in [4.78, 5) is 12.6. The Labute approximate surface area is 176 Å². The van der Waals surface area contributed by atoms with E-state index in [0.29, 0.717) is 16.1 Å². The summed E-state index contributed by atoms with van der Waals surface area (Å²) in [6.45, 7) is 5.43. The van der Waals surface area contributed by atoms with E-state index in [9.17, 15) is 13.2 Å². The molecule has 9 nitrogen and oxygen atoms in total. The van der Waals surface area contributed by atoms with Gasteiger partial charge in [-0.15, -0.1) is 20.4 Å². The summed E-state index contributed by atoms with van der Waals surface area (Å²) >= 11 is 2.48. The van der Waals surface area contributed by atoms with E-state index in [0.717, 1.165) is 10.6 Å². The molecule has 3 rings (SSSR count). The molecule has 1 aromatic carbocycles. The van der Waals surface area contributed by atoms with Crippen LogP contribution in [-0.4, -0.2) is 44.5 Å². The number of amides is 1. The molecule has 0 saturated heterocycles. The van der Waals surface area contributed by atoms with Crippen molar-refractivity contribution in [2.75, 3.05) is 5.32 Å². The van der Waals surface area contributed by atoms with Crippen LogP contribution in [0.4, 0.5) is 5.13 Å². The first-order valence-corrected chi connectivity index (χ1v) is 12.0. The highest BCUT2D eigenvalue weighted by Gasteiger charge is 2.23. The molecule has 3 aromatic rings. The predicted octanol–water partition coefficient (Wildman–Crippen LogP) is 2.38. The quantitative estimate of drug-likeness (QED) is 0.543. The minimum atomic E-state index is -3.55. The van der Waals surface area contributed by atoms with E-state index >= 15 is 0 Å². The molecule has 1 atom stereocenters. The van der Waals surface area contributed by atoms with Gasteiger partial charge in [0.25, 0.3) is 0 Å². The van der Waals surface area contributed by atoms with Crippen LogP contribution in [0.3, 0.4) is 0 Å². The van der Waals surface area contributed by atoms with E-state index in [2.05, 4.69) is 25.7 Å². The Morgan fingerprint density at radius 2 is 1.86 bits per heavy atom. The number of aryl methyl sites for hydroxylation is 2. The Balaban J connectivity index is 1.68. The Hall–Kier alpha value is -2.31. The lowest BCUT2D eigenvalue weighted by Gasteiger charge is -2.10. The minimum absolute atomic E-state index is 0.236. The number of carbonyl (C=O) groups is 1. The van der Waals surface area contributed by atoms with Crippen molar-refractivity contribution >= 4 is 44.0 Å². The maximum Gasteiger partial charge on any atom is 0.239 e.